The van der Waals surface area contributed by atoms with Crippen LogP contribution in [0.5, 0.6) is 0 Å². The fourth-order valence-corrected chi connectivity index (χ4v) is 3.87. The topological polar surface area (TPSA) is 74.7 Å². The van der Waals surface area contributed by atoms with Crippen molar-refractivity contribution in [3.8, 4) is 0 Å². The normalized spacial score (nSPS) is 11.8. The molecule has 0 saturated carbocycles. The maximum absolute atomic E-state index is 14.0. The Kier molecular flexibility index (Phi) is 5.20. The molecule has 0 aliphatic rings. The van der Waals surface area contributed by atoms with Gasteiger partial charge in [0.25, 0.3) is 0 Å². The summed E-state index contributed by atoms with van der Waals surface area (Å²) in [6.45, 7) is 0.556. The molecule has 0 fully saturated rings. The number of pyridine rings is 1. The minimum Gasteiger partial charge on any atom is -0.346 e. The largest absolute Gasteiger partial charge is 0.416 e. The quantitative estimate of drug-likeness (QED) is 0.269. The number of rotatable bonds is 4. The van der Waals surface area contributed by atoms with Crippen molar-refractivity contribution in [1.29, 1.82) is 0 Å². The van der Waals surface area contributed by atoms with E-state index in [1.807, 2.05) is 41.2 Å². The number of halogens is 4. The molecule has 3 N–H and O–H groups in total. The van der Waals surface area contributed by atoms with Gasteiger partial charge in [0.05, 0.1) is 22.5 Å². The predicted octanol–water partition coefficient (Wildman–Crippen LogP) is 6.37. The molecular weight excluding hydrogens is 450 g/mol. The van der Waals surface area contributed by atoms with Crippen LogP contribution < -0.4 is 10.6 Å². The summed E-state index contributed by atoms with van der Waals surface area (Å²) < 4.78 is 54.8. The molecule has 0 bridgehead atoms. The highest BCUT2D eigenvalue weighted by atomic mass is 19.4. The monoisotopic (exact) mass is 467 g/mol. The van der Waals surface area contributed by atoms with Gasteiger partial charge in [-0.25, -0.2) is 14.2 Å². The summed E-state index contributed by atoms with van der Waals surface area (Å²) in [5.74, 6) is -0.972. The van der Waals surface area contributed by atoms with Gasteiger partial charge >= 0.3 is 12.2 Å². The average molecular weight is 467 g/mol. The number of alkyl halides is 3. The molecule has 0 aliphatic carbocycles. The zero-order valence-electron chi connectivity index (χ0n) is 17.4. The maximum Gasteiger partial charge on any atom is 0.416 e. The molecule has 0 saturated heterocycles. The molecule has 5 rings (SSSR count). The van der Waals surface area contributed by atoms with Crippen molar-refractivity contribution in [2.24, 2.45) is 0 Å². The smallest absolute Gasteiger partial charge is 0.346 e. The van der Waals surface area contributed by atoms with E-state index in [4.69, 9.17) is 0 Å². The van der Waals surface area contributed by atoms with Crippen LogP contribution in [0.1, 0.15) is 11.1 Å². The summed E-state index contributed by atoms with van der Waals surface area (Å²) in [5.41, 5.74) is 1.47. The molecule has 0 aliphatic heterocycles. The Morgan fingerprint density at radius 2 is 1.82 bits per heavy atom. The van der Waals surface area contributed by atoms with Gasteiger partial charge in [0.15, 0.2) is 0 Å². The third-order valence-corrected chi connectivity index (χ3v) is 5.48. The van der Waals surface area contributed by atoms with Crippen molar-refractivity contribution in [3.05, 3.63) is 90.1 Å². The summed E-state index contributed by atoms with van der Waals surface area (Å²) in [7, 11) is 0. The summed E-state index contributed by atoms with van der Waals surface area (Å²) in [5, 5.41) is 6.47. The van der Waals surface area contributed by atoms with Crippen molar-refractivity contribution in [2.75, 3.05) is 10.6 Å². The Bertz CT molecular complexity index is 1520. The van der Waals surface area contributed by atoms with Crippen molar-refractivity contribution >= 4 is 39.3 Å². The molecule has 0 atom stereocenters. The molecule has 0 spiro atoms. The summed E-state index contributed by atoms with van der Waals surface area (Å²) in [4.78, 5) is 19.9. The van der Waals surface area contributed by atoms with Crippen LogP contribution in [-0.4, -0.2) is 20.6 Å². The predicted molar refractivity (Wildman–Crippen MR) is 121 cm³/mol. The number of nitrogens with one attached hydrogen (secondary N) is 3. The molecule has 2 aromatic carbocycles. The lowest BCUT2D eigenvalue weighted by Gasteiger charge is -2.12. The van der Waals surface area contributed by atoms with Gasteiger partial charge in [-0.15, -0.1) is 0 Å². The Balaban J connectivity index is 1.38. The maximum atomic E-state index is 14.0. The van der Waals surface area contributed by atoms with Crippen LogP contribution >= 0.6 is 0 Å². The lowest BCUT2D eigenvalue weighted by atomic mass is 10.2. The molecule has 34 heavy (non-hydrogen) atoms. The first kappa shape index (κ1) is 21.5. The minimum absolute atomic E-state index is 0.432. The first-order valence-electron chi connectivity index (χ1n) is 10.2. The van der Waals surface area contributed by atoms with Gasteiger partial charge < -0.3 is 20.2 Å². The third kappa shape index (κ3) is 4.05. The number of aromatic amines is 1. The molecule has 3 aromatic heterocycles. The second-order valence-corrected chi connectivity index (χ2v) is 7.67. The van der Waals surface area contributed by atoms with Crippen LogP contribution in [0.15, 0.2) is 73.2 Å². The molecular formula is C24H17F4N5O. The number of urea groups is 1. The van der Waals surface area contributed by atoms with Gasteiger partial charge in [-0.2, -0.15) is 13.2 Å². The van der Waals surface area contributed by atoms with E-state index in [-0.39, 0.29) is 0 Å². The van der Waals surface area contributed by atoms with E-state index in [0.29, 0.717) is 30.4 Å². The van der Waals surface area contributed by atoms with E-state index in [2.05, 4.69) is 20.6 Å². The van der Waals surface area contributed by atoms with Gasteiger partial charge in [0.1, 0.15) is 11.5 Å². The highest BCUT2D eigenvalue weighted by molar-refractivity contribution is 6.06. The third-order valence-electron chi connectivity index (χ3n) is 5.48. The number of carbonyl (C=O) groups excluding carboxylic acids is 1. The van der Waals surface area contributed by atoms with Crippen LogP contribution in [0.4, 0.5) is 33.7 Å². The van der Waals surface area contributed by atoms with Crippen molar-refractivity contribution in [2.45, 2.75) is 12.7 Å². The number of hydrogen-bond donors (Lipinski definition) is 3. The highest BCUT2D eigenvalue weighted by Gasteiger charge is 2.31. The number of aromatic nitrogens is 3. The highest BCUT2D eigenvalue weighted by Crippen LogP contribution is 2.32. The van der Waals surface area contributed by atoms with Crippen molar-refractivity contribution in [1.82, 2.24) is 14.5 Å². The summed E-state index contributed by atoms with van der Waals surface area (Å²) in [6, 6.07) is 11.9. The van der Waals surface area contributed by atoms with Crippen molar-refractivity contribution in [3.63, 3.8) is 0 Å². The number of benzene rings is 2. The molecule has 5 aromatic rings. The number of nitrogens with zero attached hydrogens (tertiary/aromatic N) is 2. The Morgan fingerprint density at radius 3 is 2.65 bits per heavy atom. The number of fused-ring (bicyclic) bond motifs is 2. The zero-order chi connectivity index (χ0) is 23.9. The summed E-state index contributed by atoms with van der Waals surface area (Å²) in [6.07, 6.45) is 0.815. The average Bonchev–Trinajstić information content (AvgIpc) is 3.40. The number of H-pyrrole nitrogens is 1. The van der Waals surface area contributed by atoms with Crippen LogP contribution in [0, 0.1) is 5.82 Å². The van der Waals surface area contributed by atoms with Gasteiger partial charge in [0, 0.05) is 35.9 Å². The fraction of sp³-hybridized carbons (Fsp3) is 0.0833. The SMILES string of the molecule is O=C(Nc1cc(C(F)(F)F)ccc1F)Nc1cccc2c1ccn2Cc1c[nH]c2ncccc12. The number of anilines is 2. The fourth-order valence-electron chi connectivity index (χ4n) is 3.87. The first-order chi connectivity index (χ1) is 16.3. The number of hydrogen-bond acceptors (Lipinski definition) is 2. The molecule has 6 nitrogen and oxygen atoms in total. The van der Waals surface area contributed by atoms with E-state index >= 15 is 0 Å². The Labute approximate surface area is 190 Å². The molecule has 10 heteroatoms. The van der Waals surface area contributed by atoms with Crippen LogP contribution in [0.3, 0.4) is 0 Å². The minimum atomic E-state index is -4.66. The van der Waals surface area contributed by atoms with E-state index in [1.54, 1.807) is 18.3 Å². The molecule has 0 radical (unpaired) electrons. The zero-order valence-corrected chi connectivity index (χ0v) is 17.4. The van der Waals surface area contributed by atoms with Crippen LogP contribution in [0.25, 0.3) is 21.9 Å². The Hall–Kier alpha value is -4.34. The van der Waals surface area contributed by atoms with Gasteiger partial charge in [-0.05, 0) is 54.1 Å². The standard InChI is InChI=1S/C24H17F4N5O/c25-18-7-6-15(24(26,27)28)11-20(18)32-23(34)31-19-4-1-5-21-17(19)8-10-33(21)13-14-12-30-22-16(14)3-2-9-29-22/h1-12H,13H2,(H,29,30)(H2,31,32,34). The van der Waals surface area contributed by atoms with Gasteiger partial charge in [0.2, 0.25) is 0 Å². The lowest BCUT2D eigenvalue weighted by molar-refractivity contribution is -0.137. The van der Waals surface area contributed by atoms with Crippen molar-refractivity contribution < 1.29 is 22.4 Å². The molecule has 3 heterocycles. The van der Waals surface area contributed by atoms with Gasteiger partial charge in [-0.3, -0.25) is 0 Å². The number of carbonyl (C=O) groups is 1. The molecule has 172 valence electrons. The van der Waals surface area contributed by atoms with Crippen LogP contribution in [0.2, 0.25) is 0 Å². The number of amides is 2. The first-order valence-corrected chi connectivity index (χ1v) is 10.2. The van der Waals surface area contributed by atoms with Crippen LogP contribution in [-0.2, 0) is 12.7 Å². The van der Waals surface area contributed by atoms with E-state index in [9.17, 15) is 22.4 Å². The van der Waals surface area contributed by atoms with E-state index in [0.717, 1.165) is 27.5 Å². The molecule has 0 unspecified atom stereocenters. The second kappa shape index (κ2) is 8.22. The molecule has 2 amide bonds. The Morgan fingerprint density at radius 1 is 1.00 bits per heavy atom. The van der Waals surface area contributed by atoms with E-state index < -0.39 is 29.3 Å². The second-order valence-electron chi connectivity index (χ2n) is 7.67. The van der Waals surface area contributed by atoms with Gasteiger partial charge in [-0.1, -0.05) is 6.07 Å². The van der Waals surface area contributed by atoms with E-state index in [1.165, 1.54) is 0 Å². The summed E-state index contributed by atoms with van der Waals surface area (Å²) >= 11 is 0. The lowest BCUT2D eigenvalue weighted by Crippen LogP contribution is -2.20.